The van der Waals surface area contributed by atoms with Gasteiger partial charge >= 0.3 is 5.97 Å². The Labute approximate surface area is 167 Å². The first-order valence-corrected chi connectivity index (χ1v) is 9.84. The summed E-state index contributed by atoms with van der Waals surface area (Å²) >= 11 is 0. The molecular formula is C24H30FNO2. The molecule has 0 aliphatic heterocycles. The number of unbranched alkanes of at least 4 members (excludes halogenated alkanes) is 2. The number of halogens is 1. The van der Waals surface area contributed by atoms with Gasteiger partial charge in [0.1, 0.15) is 11.6 Å². The van der Waals surface area contributed by atoms with Gasteiger partial charge in [0.25, 0.3) is 0 Å². The predicted molar refractivity (Wildman–Crippen MR) is 113 cm³/mol. The Morgan fingerprint density at radius 2 is 1.82 bits per heavy atom. The zero-order chi connectivity index (χ0) is 20.5. The average Bonchev–Trinajstić information content (AvgIpc) is 2.67. The summed E-state index contributed by atoms with van der Waals surface area (Å²) in [6.07, 6.45) is 4.85. The summed E-state index contributed by atoms with van der Waals surface area (Å²) in [5, 5.41) is 0. The molecule has 0 radical (unpaired) electrons. The monoisotopic (exact) mass is 383 g/mol. The summed E-state index contributed by atoms with van der Waals surface area (Å²) in [6, 6.07) is 12.3. The van der Waals surface area contributed by atoms with Crippen LogP contribution in [0.2, 0.25) is 0 Å². The second-order valence-corrected chi connectivity index (χ2v) is 7.34. The van der Waals surface area contributed by atoms with Gasteiger partial charge in [0.05, 0.1) is 0 Å². The van der Waals surface area contributed by atoms with E-state index >= 15 is 0 Å². The molecule has 150 valence electrons. The molecule has 0 amide bonds. The summed E-state index contributed by atoms with van der Waals surface area (Å²) in [4.78, 5) is 14.1. The van der Waals surface area contributed by atoms with Crippen molar-refractivity contribution in [1.29, 1.82) is 0 Å². The Balaban J connectivity index is 2.00. The van der Waals surface area contributed by atoms with E-state index in [0.717, 1.165) is 43.4 Å². The molecule has 28 heavy (non-hydrogen) atoms. The van der Waals surface area contributed by atoms with Crippen LogP contribution in [-0.4, -0.2) is 31.5 Å². The van der Waals surface area contributed by atoms with Crippen molar-refractivity contribution >= 4 is 5.97 Å². The van der Waals surface area contributed by atoms with E-state index in [4.69, 9.17) is 4.74 Å². The van der Waals surface area contributed by atoms with Crippen LogP contribution in [-0.2, 0) is 11.2 Å². The first-order valence-electron chi connectivity index (χ1n) is 9.84. The fraction of sp³-hybridized carbons (Fsp3) is 0.375. The quantitative estimate of drug-likeness (QED) is 0.230. The van der Waals surface area contributed by atoms with E-state index in [-0.39, 0.29) is 5.82 Å². The molecule has 0 atom stereocenters. The number of carbonyl (C=O) groups excluding carboxylic acids is 1. The van der Waals surface area contributed by atoms with Crippen molar-refractivity contribution in [1.82, 2.24) is 4.90 Å². The number of esters is 1. The summed E-state index contributed by atoms with van der Waals surface area (Å²) in [7, 11) is 3.88. The largest absolute Gasteiger partial charge is 0.423 e. The minimum atomic E-state index is -0.433. The molecule has 4 heteroatoms. The third kappa shape index (κ3) is 6.61. The molecule has 2 rings (SSSR count). The van der Waals surface area contributed by atoms with Gasteiger partial charge in [0.2, 0.25) is 0 Å². The lowest BCUT2D eigenvalue weighted by Crippen LogP contribution is -2.17. The summed E-state index contributed by atoms with van der Waals surface area (Å²) < 4.78 is 19.9. The topological polar surface area (TPSA) is 29.5 Å². The SMILES string of the molecule is C=C(CCN(C)C)C(=O)Oc1ccc(-c2ccc(CCCCC)cc2F)cc1. The highest BCUT2D eigenvalue weighted by Gasteiger charge is 2.11. The van der Waals surface area contributed by atoms with E-state index in [9.17, 15) is 9.18 Å². The van der Waals surface area contributed by atoms with E-state index < -0.39 is 5.97 Å². The van der Waals surface area contributed by atoms with Crippen LogP contribution in [0.5, 0.6) is 5.75 Å². The van der Waals surface area contributed by atoms with Crippen LogP contribution in [0, 0.1) is 5.82 Å². The molecule has 0 saturated heterocycles. The molecule has 0 spiro atoms. The number of nitrogens with zero attached hydrogens (tertiary/aromatic N) is 1. The maximum atomic E-state index is 14.5. The lowest BCUT2D eigenvalue weighted by atomic mass is 10.0. The smallest absolute Gasteiger partial charge is 0.338 e. The summed E-state index contributed by atoms with van der Waals surface area (Å²) in [6.45, 7) is 6.68. The van der Waals surface area contributed by atoms with Crippen LogP contribution in [0.15, 0.2) is 54.6 Å². The Morgan fingerprint density at radius 3 is 2.43 bits per heavy atom. The molecule has 0 N–H and O–H groups in total. The van der Waals surface area contributed by atoms with E-state index in [2.05, 4.69) is 13.5 Å². The first-order chi connectivity index (χ1) is 13.4. The van der Waals surface area contributed by atoms with Gasteiger partial charge in [-0.15, -0.1) is 0 Å². The molecule has 3 nitrogen and oxygen atoms in total. The molecule has 0 aliphatic rings. The Hall–Kier alpha value is -2.46. The Morgan fingerprint density at radius 1 is 1.11 bits per heavy atom. The molecule has 2 aromatic rings. The van der Waals surface area contributed by atoms with Crippen LogP contribution >= 0.6 is 0 Å². The molecule has 0 bridgehead atoms. The normalized spacial score (nSPS) is 10.9. The minimum absolute atomic E-state index is 0.226. The number of hydrogen-bond acceptors (Lipinski definition) is 3. The maximum absolute atomic E-state index is 14.5. The fourth-order valence-corrected chi connectivity index (χ4v) is 2.87. The number of aryl methyl sites for hydroxylation is 1. The van der Waals surface area contributed by atoms with E-state index in [1.807, 2.05) is 31.1 Å². The highest BCUT2D eigenvalue weighted by Crippen LogP contribution is 2.26. The predicted octanol–water partition coefficient (Wildman–Crippen LogP) is 5.64. The van der Waals surface area contributed by atoms with Gasteiger partial charge in [-0.2, -0.15) is 0 Å². The van der Waals surface area contributed by atoms with Gasteiger partial charge in [-0.05, 0) is 62.7 Å². The Bertz CT molecular complexity index is 797. The lowest BCUT2D eigenvalue weighted by molar-refractivity contribution is -0.130. The molecule has 0 unspecified atom stereocenters. The number of rotatable bonds is 10. The molecule has 0 heterocycles. The van der Waals surface area contributed by atoms with Crippen LogP contribution in [0.1, 0.15) is 38.2 Å². The summed E-state index contributed by atoms with van der Waals surface area (Å²) in [5.41, 5.74) is 2.76. The standard InChI is InChI=1S/C24H30FNO2/c1-5-6-7-8-19-9-14-22(23(25)17-19)20-10-12-21(13-11-20)28-24(27)18(2)15-16-26(3)4/h9-14,17H,2,5-8,15-16H2,1,3-4H3. The van der Waals surface area contributed by atoms with Crippen molar-refractivity contribution in [3.8, 4) is 16.9 Å². The molecule has 0 saturated carbocycles. The molecule has 2 aromatic carbocycles. The molecule has 0 aliphatic carbocycles. The van der Waals surface area contributed by atoms with Gasteiger partial charge in [0, 0.05) is 17.7 Å². The van der Waals surface area contributed by atoms with Crippen LogP contribution in [0.4, 0.5) is 4.39 Å². The van der Waals surface area contributed by atoms with Crippen molar-refractivity contribution in [3.05, 3.63) is 66.0 Å². The molecule has 0 aromatic heterocycles. The maximum Gasteiger partial charge on any atom is 0.338 e. The second-order valence-electron chi connectivity index (χ2n) is 7.34. The van der Waals surface area contributed by atoms with Crippen LogP contribution in [0.3, 0.4) is 0 Å². The first kappa shape index (κ1) is 21.8. The lowest BCUT2D eigenvalue weighted by Gasteiger charge is -2.11. The molecular weight excluding hydrogens is 353 g/mol. The fourth-order valence-electron chi connectivity index (χ4n) is 2.87. The number of carbonyl (C=O) groups is 1. The molecule has 0 fully saturated rings. The van der Waals surface area contributed by atoms with Crippen molar-refractivity contribution in [3.63, 3.8) is 0 Å². The van der Waals surface area contributed by atoms with Gasteiger partial charge in [-0.3, -0.25) is 0 Å². The van der Waals surface area contributed by atoms with Crippen molar-refractivity contribution in [2.75, 3.05) is 20.6 Å². The minimum Gasteiger partial charge on any atom is -0.423 e. The highest BCUT2D eigenvalue weighted by atomic mass is 19.1. The summed E-state index contributed by atoms with van der Waals surface area (Å²) in [5.74, 6) is -0.232. The zero-order valence-corrected chi connectivity index (χ0v) is 17.1. The van der Waals surface area contributed by atoms with Crippen LogP contribution in [0.25, 0.3) is 11.1 Å². The van der Waals surface area contributed by atoms with Gasteiger partial charge in [0.15, 0.2) is 0 Å². The van der Waals surface area contributed by atoms with E-state index in [1.54, 1.807) is 30.3 Å². The highest BCUT2D eigenvalue weighted by molar-refractivity contribution is 5.89. The third-order valence-corrected chi connectivity index (χ3v) is 4.63. The van der Waals surface area contributed by atoms with E-state index in [0.29, 0.717) is 23.3 Å². The number of hydrogen-bond donors (Lipinski definition) is 0. The second kappa shape index (κ2) is 10.8. The average molecular weight is 384 g/mol. The number of ether oxygens (including phenoxy) is 1. The van der Waals surface area contributed by atoms with E-state index in [1.165, 1.54) is 0 Å². The van der Waals surface area contributed by atoms with Crippen molar-refractivity contribution in [2.24, 2.45) is 0 Å². The third-order valence-electron chi connectivity index (χ3n) is 4.63. The van der Waals surface area contributed by atoms with Crippen molar-refractivity contribution < 1.29 is 13.9 Å². The number of benzene rings is 2. The Kier molecular flexibility index (Phi) is 8.40. The van der Waals surface area contributed by atoms with Gasteiger partial charge in [-0.25, -0.2) is 9.18 Å². The van der Waals surface area contributed by atoms with Crippen LogP contribution < -0.4 is 4.74 Å². The van der Waals surface area contributed by atoms with Gasteiger partial charge in [-0.1, -0.05) is 50.6 Å². The zero-order valence-electron chi connectivity index (χ0n) is 17.1. The van der Waals surface area contributed by atoms with Crippen molar-refractivity contribution in [2.45, 2.75) is 39.0 Å². The van der Waals surface area contributed by atoms with Gasteiger partial charge < -0.3 is 9.64 Å².